The maximum absolute atomic E-state index is 13.4. The number of aliphatic hydroxyl groups excluding tert-OH is 8. The van der Waals surface area contributed by atoms with Gasteiger partial charge in [0, 0.05) is 6.42 Å². The van der Waals surface area contributed by atoms with Crippen LogP contribution in [0.4, 0.5) is 0 Å². The predicted molar refractivity (Wildman–Crippen MR) is 387 cm³/mol. The largest absolute Gasteiger partial charge is 0.394 e. The number of hydrogen-bond donors (Lipinski definition) is 9. The molecule has 2 saturated heterocycles. The number of aliphatic hydroxyl groups is 8. The molecule has 0 aromatic carbocycles. The van der Waals surface area contributed by atoms with Crippen molar-refractivity contribution in [1.29, 1.82) is 0 Å². The van der Waals surface area contributed by atoms with Crippen molar-refractivity contribution in [2.45, 2.75) is 396 Å². The molecule has 14 nitrogen and oxygen atoms in total. The highest BCUT2D eigenvalue weighted by Crippen LogP contribution is 2.30. The van der Waals surface area contributed by atoms with Crippen molar-refractivity contribution < 1.29 is 64.6 Å². The second-order valence-electron chi connectivity index (χ2n) is 27.1. The molecule has 0 bridgehead atoms. The van der Waals surface area contributed by atoms with Crippen molar-refractivity contribution in [3.8, 4) is 0 Å². The maximum atomic E-state index is 13.4. The van der Waals surface area contributed by atoms with E-state index in [0.717, 1.165) is 64.2 Å². The number of carbonyl (C=O) groups is 1. The Morgan fingerprint density at radius 1 is 0.394 bits per heavy atom. The fourth-order valence-electron chi connectivity index (χ4n) is 12.5. The second kappa shape index (κ2) is 63.6. The lowest BCUT2D eigenvalue weighted by atomic mass is 9.97. The quantitative estimate of drug-likeness (QED) is 0.0204. The van der Waals surface area contributed by atoms with Gasteiger partial charge in [0.15, 0.2) is 12.6 Å². The summed E-state index contributed by atoms with van der Waals surface area (Å²) in [5.41, 5.74) is 0. The van der Waals surface area contributed by atoms with Gasteiger partial charge in [0.25, 0.3) is 0 Å². The zero-order valence-corrected chi connectivity index (χ0v) is 59.7. The molecule has 1 amide bonds. The molecule has 2 aliphatic rings. The van der Waals surface area contributed by atoms with Gasteiger partial charge in [-0.25, -0.2) is 0 Å². The smallest absolute Gasteiger partial charge is 0.220 e. The van der Waals surface area contributed by atoms with Gasteiger partial charge >= 0.3 is 0 Å². The molecule has 2 heterocycles. The van der Waals surface area contributed by atoms with Crippen molar-refractivity contribution in [2.24, 2.45) is 0 Å². The molecule has 0 aliphatic carbocycles. The van der Waals surface area contributed by atoms with Gasteiger partial charge in [-0.15, -0.1) is 0 Å². The van der Waals surface area contributed by atoms with E-state index in [-0.39, 0.29) is 18.9 Å². The molecule has 0 saturated carbocycles. The van der Waals surface area contributed by atoms with Gasteiger partial charge in [-0.3, -0.25) is 4.79 Å². The number of allylic oxidation sites excluding steroid dienone is 13. The summed E-state index contributed by atoms with van der Waals surface area (Å²) in [6, 6.07) is -0.938. The number of hydrogen-bond acceptors (Lipinski definition) is 13. The van der Waals surface area contributed by atoms with Crippen LogP contribution in [0.2, 0.25) is 0 Å². The first-order chi connectivity index (χ1) is 46.1. The molecular formula is C80H143NO13. The summed E-state index contributed by atoms with van der Waals surface area (Å²) in [6.45, 7) is 2.71. The summed E-state index contributed by atoms with van der Waals surface area (Å²) in [4.78, 5) is 13.4. The highest BCUT2D eigenvalue weighted by molar-refractivity contribution is 5.76. The number of unbranched alkanes of at least 4 members (excludes halogenated alkanes) is 39. The summed E-state index contributed by atoms with van der Waals surface area (Å²) in [5.74, 6) is -0.248. The Morgan fingerprint density at radius 3 is 1.17 bits per heavy atom. The fourth-order valence-corrected chi connectivity index (χ4v) is 12.5. The van der Waals surface area contributed by atoms with Crippen LogP contribution in [0.1, 0.15) is 322 Å². The van der Waals surface area contributed by atoms with Gasteiger partial charge in [0.05, 0.1) is 32.0 Å². The molecular weight excluding hydrogens is 1180 g/mol. The Kier molecular flexibility index (Phi) is 59.0. The molecule has 12 unspecified atom stereocenters. The molecule has 12 atom stereocenters. The lowest BCUT2D eigenvalue weighted by molar-refractivity contribution is -0.359. The Bertz CT molecular complexity index is 1900. The first kappa shape index (κ1) is 87.3. The molecule has 0 radical (unpaired) electrons. The van der Waals surface area contributed by atoms with Crippen molar-refractivity contribution in [1.82, 2.24) is 5.32 Å². The van der Waals surface area contributed by atoms with Gasteiger partial charge in [-0.2, -0.15) is 0 Å². The van der Waals surface area contributed by atoms with Gasteiger partial charge in [-0.1, -0.05) is 324 Å². The minimum atomic E-state index is -1.79. The van der Waals surface area contributed by atoms with Crippen LogP contribution < -0.4 is 5.32 Å². The van der Waals surface area contributed by atoms with Gasteiger partial charge in [0.2, 0.25) is 5.91 Å². The van der Waals surface area contributed by atoms with Crippen LogP contribution in [0.3, 0.4) is 0 Å². The third-order valence-corrected chi connectivity index (χ3v) is 18.6. The summed E-state index contributed by atoms with van der Waals surface area (Å²) in [5, 5.41) is 87.6. The van der Waals surface area contributed by atoms with Crippen molar-refractivity contribution in [2.75, 3.05) is 19.8 Å². The zero-order valence-electron chi connectivity index (χ0n) is 59.7. The van der Waals surface area contributed by atoms with Crippen LogP contribution in [-0.4, -0.2) is 140 Å². The number of rotatable bonds is 64. The molecule has 0 aromatic rings. The molecule has 14 heteroatoms. The molecule has 546 valence electrons. The minimum Gasteiger partial charge on any atom is -0.394 e. The zero-order chi connectivity index (χ0) is 68.0. The van der Waals surface area contributed by atoms with E-state index in [1.807, 2.05) is 6.08 Å². The number of ether oxygens (including phenoxy) is 4. The highest BCUT2D eigenvalue weighted by Gasteiger charge is 2.51. The van der Waals surface area contributed by atoms with E-state index in [9.17, 15) is 45.6 Å². The van der Waals surface area contributed by atoms with E-state index >= 15 is 0 Å². The Labute approximate surface area is 573 Å². The van der Waals surface area contributed by atoms with Gasteiger partial charge in [-0.05, 0) is 77.0 Å². The topological polar surface area (TPSA) is 228 Å². The van der Waals surface area contributed by atoms with E-state index in [1.54, 1.807) is 6.08 Å². The Morgan fingerprint density at radius 2 is 0.745 bits per heavy atom. The first-order valence-electron chi connectivity index (χ1n) is 38.8. The van der Waals surface area contributed by atoms with Gasteiger partial charge < -0.3 is 65.1 Å². The number of carbonyl (C=O) groups excluding carboxylic acids is 1. The average molecular weight is 1330 g/mol. The van der Waals surface area contributed by atoms with Crippen molar-refractivity contribution in [3.63, 3.8) is 0 Å². The van der Waals surface area contributed by atoms with Crippen LogP contribution in [0.5, 0.6) is 0 Å². The average Bonchev–Trinajstić information content (AvgIpc) is 0.794. The maximum Gasteiger partial charge on any atom is 0.220 e. The normalized spacial score (nSPS) is 22.9. The lowest BCUT2D eigenvalue weighted by Gasteiger charge is -2.46. The third-order valence-electron chi connectivity index (χ3n) is 18.6. The van der Waals surface area contributed by atoms with E-state index < -0.39 is 86.8 Å². The Hall–Kier alpha value is -2.83. The first-order valence-corrected chi connectivity index (χ1v) is 38.8. The van der Waals surface area contributed by atoms with Crippen molar-refractivity contribution in [3.05, 3.63) is 85.1 Å². The van der Waals surface area contributed by atoms with Crippen LogP contribution in [0.25, 0.3) is 0 Å². The molecule has 9 N–H and O–H groups in total. The van der Waals surface area contributed by atoms with E-state index in [0.29, 0.717) is 12.8 Å². The Balaban J connectivity index is 1.65. The summed E-state index contributed by atoms with van der Waals surface area (Å²) >= 11 is 0. The molecule has 2 fully saturated rings. The second-order valence-corrected chi connectivity index (χ2v) is 27.1. The van der Waals surface area contributed by atoms with E-state index in [2.05, 4.69) is 92.1 Å². The van der Waals surface area contributed by atoms with E-state index in [1.165, 1.54) is 225 Å². The highest BCUT2D eigenvalue weighted by atomic mass is 16.7. The van der Waals surface area contributed by atoms with Crippen molar-refractivity contribution >= 4 is 5.91 Å². The van der Waals surface area contributed by atoms with E-state index in [4.69, 9.17) is 18.9 Å². The van der Waals surface area contributed by atoms with Crippen LogP contribution >= 0.6 is 0 Å². The molecule has 2 aliphatic heterocycles. The number of amides is 1. The third kappa shape index (κ3) is 46.4. The molecule has 0 aromatic heterocycles. The summed E-state index contributed by atoms with van der Waals surface area (Å²) < 4.78 is 22.9. The summed E-state index contributed by atoms with van der Waals surface area (Å²) in [7, 11) is 0. The summed E-state index contributed by atoms with van der Waals surface area (Å²) in [6.07, 6.45) is 72.3. The molecule has 0 spiro atoms. The fraction of sp³-hybridized carbons (Fsp3) is 0.812. The van der Waals surface area contributed by atoms with Crippen LogP contribution in [-0.2, 0) is 23.7 Å². The monoisotopic (exact) mass is 1330 g/mol. The van der Waals surface area contributed by atoms with Crippen LogP contribution in [0.15, 0.2) is 85.1 Å². The standard InChI is InChI=1S/C80H143NO13/c1-3-5-7-9-11-13-15-17-19-21-23-25-27-29-31-33-34-36-38-40-42-44-46-48-50-52-54-56-58-60-62-64-72(85)81-68(67-91-79-77(90)75(88)78(71(66-83)93-79)94-80-76(89)74(87)73(86)70(65-82)92-80)69(84)63-61-59-57-55-53-51-49-47-45-43-41-39-37-35-32-30-28-26-24-22-20-18-16-14-12-10-8-6-4-2/h5,7,11,13,17,19,23,25,29,31,53,55,61,63,68-71,73-80,82-84,86-90H,3-4,6,8-10,12,14-16,18,20-22,24,26-28,30,32-52,54,56-60,62,64-67H2,1-2H3,(H,81,85)/b7-5-,13-11-,19-17-,25-23-,31-29-,55-53+,63-61+. The molecule has 94 heavy (non-hydrogen) atoms. The number of nitrogens with one attached hydrogen (secondary N) is 1. The van der Waals surface area contributed by atoms with Gasteiger partial charge in [0.1, 0.15) is 48.8 Å². The SMILES string of the molecule is CC/C=C\C/C=C\C/C=C\C/C=C\C/C=C\CCCCCCCCCCCCCCCCCC(=O)NC(COC1OC(CO)C(OC2OC(CO)C(O)C(O)C2O)C(O)C1O)C(O)/C=C/CC/C=C/CCCCCCCCCCCCCCCCCCCCCCCCC. The predicted octanol–water partition coefficient (Wildman–Crippen LogP) is 17.1. The lowest BCUT2D eigenvalue weighted by Crippen LogP contribution is -2.65. The molecule has 2 rings (SSSR count). The van der Waals surface area contributed by atoms with Crippen LogP contribution in [0, 0.1) is 0 Å². The minimum absolute atomic E-state index is 0.248.